The lowest BCUT2D eigenvalue weighted by Crippen LogP contribution is -2.02. The molecular weight excluding hydrogens is 250 g/mol. The molecule has 1 aromatic heterocycles. The summed E-state index contributed by atoms with van der Waals surface area (Å²) in [5, 5.41) is 3.27. The summed E-state index contributed by atoms with van der Waals surface area (Å²) in [5.74, 6) is 0.980. The molecule has 0 spiro atoms. The van der Waals surface area contributed by atoms with Crippen molar-refractivity contribution in [3.63, 3.8) is 0 Å². The van der Waals surface area contributed by atoms with Crippen molar-refractivity contribution < 1.29 is 9.21 Å². The van der Waals surface area contributed by atoms with Gasteiger partial charge in [-0.05, 0) is 44.0 Å². The van der Waals surface area contributed by atoms with E-state index in [1.54, 1.807) is 18.2 Å². The Hall–Kier alpha value is -2.29. The third-order valence-corrected chi connectivity index (χ3v) is 3.06. The van der Waals surface area contributed by atoms with Crippen LogP contribution in [0.3, 0.4) is 0 Å². The van der Waals surface area contributed by atoms with Crippen molar-refractivity contribution in [1.82, 2.24) is 0 Å². The number of para-hydroxylation sites is 1. The number of hydrogen-bond acceptors (Lipinski definition) is 3. The number of carbonyl (C=O) groups is 1. The maximum absolute atomic E-state index is 12.0. The highest BCUT2D eigenvalue weighted by Crippen LogP contribution is 2.18. The number of allylic oxidation sites excluding steroid dienone is 2. The molecule has 0 unspecified atom stereocenters. The van der Waals surface area contributed by atoms with Crippen LogP contribution in [0.25, 0.3) is 0 Å². The van der Waals surface area contributed by atoms with Gasteiger partial charge < -0.3 is 9.73 Å². The van der Waals surface area contributed by atoms with Crippen LogP contribution in [-0.4, -0.2) is 5.78 Å². The summed E-state index contributed by atoms with van der Waals surface area (Å²) in [6.07, 6.45) is 2.51. The number of benzene rings is 1. The van der Waals surface area contributed by atoms with E-state index in [4.69, 9.17) is 4.42 Å². The van der Waals surface area contributed by atoms with Gasteiger partial charge in [-0.15, -0.1) is 0 Å². The van der Waals surface area contributed by atoms with Crippen molar-refractivity contribution in [1.29, 1.82) is 0 Å². The van der Waals surface area contributed by atoms with Crippen LogP contribution >= 0.6 is 0 Å². The molecule has 0 fully saturated rings. The normalized spacial score (nSPS) is 11.4. The highest BCUT2D eigenvalue weighted by molar-refractivity contribution is 6.03. The summed E-state index contributed by atoms with van der Waals surface area (Å²) in [6.45, 7) is 5.81. The predicted molar refractivity (Wildman–Crippen MR) is 81.0 cm³/mol. The summed E-state index contributed by atoms with van der Waals surface area (Å²) in [6, 6.07) is 11.6. The Bertz CT molecular complexity index is 638. The lowest BCUT2D eigenvalue weighted by molar-refractivity contribution is 0.102. The van der Waals surface area contributed by atoms with Gasteiger partial charge >= 0.3 is 0 Å². The minimum atomic E-state index is -0.128. The topological polar surface area (TPSA) is 42.2 Å². The maximum atomic E-state index is 12.0. The lowest BCUT2D eigenvalue weighted by Gasteiger charge is -2.10. The van der Waals surface area contributed by atoms with Gasteiger partial charge in [-0.25, -0.2) is 0 Å². The highest BCUT2D eigenvalue weighted by Gasteiger charge is 2.08. The van der Waals surface area contributed by atoms with Gasteiger partial charge in [0.2, 0.25) is 5.78 Å². The maximum Gasteiger partial charge on any atom is 0.222 e. The second-order valence-corrected chi connectivity index (χ2v) is 4.74. The number of hydrogen-bond donors (Lipinski definition) is 1. The average molecular weight is 269 g/mol. The molecule has 0 aliphatic heterocycles. The van der Waals surface area contributed by atoms with Gasteiger partial charge in [-0.2, -0.15) is 0 Å². The zero-order valence-corrected chi connectivity index (χ0v) is 12.1. The molecule has 0 saturated carbocycles. The molecule has 0 amide bonds. The second kappa shape index (κ2) is 6.24. The first-order chi connectivity index (χ1) is 9.60. The average Bonchev–Trinajstić information content (AvgIpc) is 2.86. The van der Waals surface area contributed by atoms with Crippen molar-refractivity contribution in [2.45, 2.75) is 27.2 Å². The van der Waals surface area contributed by atoms with Crippen molar-refractivity contribution in [3.05, 3.63) is 65.3 Å². The molecule has 2 rings (SSSR count). The highest BCUT2D eigenvalue weighted by atomic mass is 16.3. The number of anilines is 1. The van der Waals surface area contributed by atoms with E-state index in [0.717, 1.165) is 23.6 Å². The summed E-state index contributed by atoms with van der Waals surface area (Å²) in [4.78, 5) is 12.0. The van der Waals surface area contributed by atoms with Crippen LogP contribution in [0.1, 0.15) is 35.7 Å². The Morgan fingerprint density at radius 2 is 2.00 bits per heavy atom. The van der Waals surface area contributed by atoms with Crippen LogP contribution in [0, 0.1) is 6.92 Å². The van der Waals surface area contributed by atoms with Crippen LogP contribution in [0.15, 0.2) is 52.6 Å². The van der Waals surface area contributed by atoms with E-state index in [0.29, 0.717) is 5.76 Å². The third kappa shape index (κ3) is 3.38. The molecule has 3 nitrogen and oxygen atoms in total. The van der Waals surface area contributed by atoms with E-state index in [1.807, 2.05) is 32.0 Å². The molecule has 0 saturated heterocycles. The molecule has 1 heterocycles. The molecule has 0 aliphatic rings. The number of furan rings is 1. The van der Waals surface area contributed by atoms with E-state index in [2.05, 4.69) is 18.3 Å². The molecule has 1 aromatic carbocycles. The smallest absolute Gasteiger partial charge is 0.222 e. The minimum absolute atomic E-state index is 0.128. The van der Waals surface area contributed by atoms with Crippen LogP contribution in [0.4, 0.5) is 5.69 Å². The predicted octanol–water partition coefficient (Wildman–Crippen LogP) is 4.35. The number of aryl methyl sites for hydroxylation is 2. The van der Waals surface area contributed by atoms with Crippen LogP contribution in [0.2, 0.25) is 0 Å². The first-order valence-corrected chi connectivity index (χ1v) is 6.74. The van der Waals surface area contributed by atoms with Crippen LogP contribution < -0.4 is 5.32 Å². The monoisotopic (exact) mass is 269 g/mol. The quantitative estimate of drug-likeness (QED) is 0.648. The van der Waals surface area contributed by atoms with Crippen LogP contribution in [-0.2, 0) is 6.42 Å². The summed E-state index contributed by atoms with van der Waals surface area (Å²) in [5.41, 5.74) is 3.05. The van der Waals surface area contributed by atoms with Crippen molar-refractivity contribution in [3.8, 4) is 0 Å². The Balaban J connectivity index is 2.13. The molecule has 2 aromatic rings. The van der Waals surface area contributed by atoms with Gasteiger partial charge in [-0.3, -0.25) is 4.79 Å². The van der Waals surface area contributed by atoms with Gasteiger partial charge in [0.25, 0.3) is 0 Å². The Morgan fingerprint density at radius 1 is 1.25 bits per heavy atom. The summed E-state index contributed by atoms with van der Waals surface area (Å²) in [7, 11) is 0. The Morgan fingerprint density at radius 3 is 2.65 bits per heavy atom. The van der Waals surface area contributed by atoms with Crippen molar-refractivity contribution in [2.24, 2.45) is 0 Å². The molecule has 20 heavy (non-hydrogen) atoms. The van der Waals surface area contributed by atoms with E-state index < -0.39 is 0 Å². The second-order valence-electron chi connectivity index (χ2n) is 4.74. The SMILES string of the molecule is CCc1ccccc1N/C(C)=C/C(=O)c1ccc(C)o1. The number of ketones is 1. The Labute approximate surface area is 119 Å². The molecular formula is C17H19NO2. The molecule has 0 radical (unpaired) electrons. The van der Waals surface area contributed by atoms with E-state index in [9.17, 15) is 4.79 Å². The van der Waals surface area contributed by atoms with E-state index in [1.165, 1.54) is 5.56 Å². The number of rotatable bonds is 5. The van der Waals surface area contributed by atoms with Crippen LogP contribution in [0.5, 0.6) is 0 Å². The zero-order valence-electron chi connectivity index (χ0n) is 12.1. The number of carbonyl (C=O) groups excluding carboxylic acids is 1. The third-order valence-electron chi connectivity index (χ3n) is 3.06. The van der Waals surface area contributed by atoms with Gasteiger partial charge in [-0.1, -0.05) is 25.1 Å². The first-order valence-electron chi connectivity index (χ1n) is 6.74. The fraction of sp³-hybridized carbons (Fsp3) is 0.235. The van der Waals surface area contributed by atoms with Gasteiger partial charge in [0.1, 0.15) is 5.76 Å². The summed E-state index contributed by atoms with van der Waals surface area (Å²) < 4.78 is 5.32. The van der Waals surface area contributed by atoms with Gasteiger partial charge in [0.05, 0.1) is 0 Å². The molecule has 0 bridgehead atoms. The standard InChI is InChI=1S/C17H19NO2/c1-4-14-7-5-6-8-15(14)18-12(2)11-16(19)17-10-9-13(3)20-17/h5-11,18H,4H2,1-3H3/b12-11+. The van der Waals surface area contributed by atoms with Crippen molar-refractivity contribution in [2.75, 3.05) is 5.32 Å². The largest absolute Gasteiger partial charge is 0.458 e. The molecule has 104 valence electrons. The van der Waals surface area contributed by atoms with E-state index in [-0.39, 0.29) is 5.78 Å². The Kier molecular flexibility index (Phi) is 4.41. The lowest BCUT2D eigenvalue weighted by atomic mass is 10.1. The number of nitrogens with one attached hydrogen (secondary N) is 1. The van der Waals surface area contributed by atoms with Gasteiger partial charge in [0.15, 0.2) is 5.76 Å². The first kappa shape index (κ1) is 14.1. The van der Waals surface area contributed by atoms with E-state index >= 15 is 0 Å². The fourth-order valence-corrected chi connectivity index (χ4v) is 2.03. The molecule has 1 N–H and O–H groups in total. The molecule has 0 atom stereocenters. The molecule has 0 aliphatic carbocycles. The summed E-state index contributed by atoms with van der Waals surface area (Å²) >= 11 is 0. The minimum Gasteiger partial charge on any atom is -0.458 e. The van der Waals surface area contributed by atoms with Crippen molar-refractivity contribution >= 4 is 11.5 Å². The molecule has 3 heteroatoms. The zero-order chi connectivity index (χ0) is 14.5. The van der Waals surface area contributed by atoms with Gasteiger partial charge in [0, 0.05) is 17.5 Å². The fourth-order valence-electron chi connectivity index (χ4n) is 2.03.